The number of hydrogen-bond acceptors (Lipinski definition) is 3. The van der Waals surface area contributed by atoms with Crippen LogP contribution in [0.4, 0.5) is 0 Å². The largest absolute Gasteiger partial charge is 0.481 e. The van der Waals surface area contributed by atoms with Gasteiger partial charge in [-0.05, 0) is 52.4 Å². The number of halogens is 1. The highest BCUT2D eigenvalue weighted by atomic mass is 79.9. The number of thiophene rings is 1. The molecule has 102 valence electrons. The Balaban J connectivity index is 1.99. The Labute approximate surface area is 123 Å². The van der Waals surface area contributed by atoms with Crippen molar-refractivity contribution in [2.24, 2.45) is 5.41 Å². The van der Waals surface area contributed by atoms with E-state index in [0.717, 1.165) is 9.35 Å². The molecular weight excluding hydrogens is 330 g/mol. The lowest BCUT2D eigenvalue weighted by Gasteiger charge is -2.18. The molecule has 0 saturated carbocycles. The van der Waals surface area contributed by atoms with Gasteiger partial charge in [-0.15, -0.1) is 11.3 Å². The van der Waals surface area contributed by atoms with Gasteiger partial charge in [0.15, 0.2) is 0 Å². The third-order valence-corrected chi connectivity index (χ3v) is 4.83. The molecule has 0 spiro atoms. The zero-order valence-corrected chi connectivity index (χ0v) is 12.8. The molecule has 19 heavy (non-hydrogen) atoms. The second-order valence-electron chi connectivity index (χ2n) is 4.89. The summed E-state index contributed by atoms with van der Waals surface area (Å²) in [6, 6.07) is 1.93. The molecule has 1 unspecified atom stereocenters. The molecule has 0 aliphatic carbocycles. The minimum atomic E-state index is -0.839. The van der Waals surface area contributed by atoms with Gasteiger partial charge >= 0.3 is 5.97 Å². The number of carbonyl (C=O) groups excluding carboxylic acids is 1. The lowest BCUT2D eigenvalue weighted by Crippen LogP contribution is -2.34. The molecule has 0 radical (unpaired) electrons. The summed E-state index contributed by atoms with van der Waals surface area (Å²) >= 11 is 4.92. The summed E-state index contributed by atoms with van der Waals surface area (Å²) in [6.45, 7) is 2.46. The maximum atomic E-state index is 12.0. The fraction of sp³-hybridized carbons (Fsp3) is 0.385. The number of aliphatic carboxylic acids is 1. The number of nitrogens with zero attached hydrogens (tertiary/aromatic N) is 1. The monoisotopic (exact) mass is 343 g/mol. The zero-order valence-electron chi connectivity index (χ0n) is 10.4. The first-order valence-electron chi connectivity index (χ1n) is 5.85. The van der Waals surface area contributed by atoms with Gasteiger partial charge in [-0.2, -0.15) is 0 Å². The molecule has 1 aromatic heterocycles. The molecular formula is C13H14BrNO3S. The molecule has 1 saturated heterocycles. The van der Waals surface area contributed by atoms with Crippen molar-refractivity contribution in [2.75, 3.05) is 13.1 Å². The van der Waals surface area contributed by atoms with Crippen molar-refractivity contribution in [1.82, 2.24) is 4.90 Å². The minimum absolute atomic E-state index is 0.132. The summed E-state index contributed by atoms with van der Waals surface area (Å²) in [5.41, 5.74) is 0.153. The Bertz CT molecular complexity index is 540. The van der Waals surface area contributed by atoms with Gasteiger partial charge < -0.3 is 10.0 Å². The quantitative estimate of drug-likeness (QED) is 0.858. The van der Waals surface area contributed by atoms with Crippen LogP contribution < -0.4 is 0 Å². The summed E-state index contributed by atoms with van der Waals surface area (Å²) in [7, 11) is 0. The smallest absolute Gasteiger partial charge is 0.311 e. The van der Waals surface area contributed by atoms with Crippen LogP contribution >= 0.6 is 27.3 Å². The molecule has 2 rings (SSSR count). The van der Waals surface area contributed by atoms with Gasteiger partial charge in [0.25, 0.3) is 0 Å². The fourth-order valence-corrected chi connectivity index (χ4v) is 3.15. The van der Waals surface area contributed by atoms with Crippen LogP contribution in [0.5, 0.6) is 0 Å². The van der Waals surface area contributed by atoms with Crippen molar-refractivity contribution in [3.8, 4) is 0 Å². The Morgan fingerprint density at radius 1 is 1.58 bits per heavy atom. The van der Waals surface area contributed by atoms with Crippen molar-refractivity contribution in [1.29, 1.82) is 0 Å². The van der Waals surface area contributed by atoms with Crippen LogP contribution in [0.2, 0.25) is 0 Å². The van der Waals surface area contributed by atoms with Crippen LogP contribution in [0, 0.1) is 5.41 Å². The number of amides is 1. The van der Waals surface area contributed by atoms with Crippen LogP contribution in [-0.2, 0) is 9.59 Å². The Morgan fingerprint density at radius 3 is 2.84 bits per heavy atom. The zero-order chi connectivity index (χ0) is 14.0. The Kier molecular flexibility index (Phi) is 4.10. The van der Waals surface area contributed by atoms with E-state index < -0.39 is 11.4 Å². The predicted octanol–water partition coefficient (Wildman–Crippen LogP) is 2.85. The molecule has 1 N–H and O–H groups in total. The third-order valence-electron chi connectivity index (χ3n) is 3.31. The van der Waals surface area contributed by atoms with E-state index in [0.29, 0.717) is 13.0 Å². The van der Waals surface area contributed by atoms with Crippen molar-refractivity contribution in [2.45, 2.75) is 13.3 Å². The first-order valence-corrected chi connectivity index (χ1v) is 7.52. The standard InChI is InChI=1S/C13H14BrNO3S/c1-13(12(17)18)4-5-15(8-13)11(16)3-2-9-6-10(14)19-7-9/h2-3,6-7H,4-5,8H2,1H3,(H,17,18)/b3-2+. The van der Waals surface area contributed by atoms with Gasteiger partial charge in [-0.1, -0.05) is 0 Å². The van der Waals surface area contributed by atoms with Crippen molar-refractivity contribution >= 4 is 45.2 Å². The summed E-state index contributed by atoms with van der Waals surface area (Å²) in [4.78, 5) is 24.7. The topological polar surface area (TPSA) is 57.6 Å². The second-order valence-corrected chi connectivity index (χ2v) is 7.18. The summed E-state index contributed by atoms with van der Waals surface area (Å²) in [5, 5.41) is 11.1. The van der Waals surface area contributed by atoms with Gasteiger partial charge in [-0.3, -0.25) is 9.59 Å². The number of likely N-dealkylation sites (tertiary alicyclic amines) is 1. The molecule has 1 amide bonds. The molecule has 6 heteroatoms. The van der Waals surface area contributed by atoms with Gasteiger partial charge in [0.2, 0.25) is 5.91 Å². The van der Waals surface area contributed by atoms with E-state index in [1.165, 1.54) is 6.08 Å². The van der Waals surface area contributed by atoms with E-state index in [4.69, 9.17) is 5.11 Å². The highest BCUT2D eigenvalue weighted by Gasteiger charge is 2.41. The minimum Gasteiger partial charge on any atom is -0.481 e. The van der Waals surface area contributed by atoms with Crippen LogP contribution in [0.1, 0.15) is 18.9 Å². The molecule has 1 aliphatic heterocycles. The Hall–Kier alpha value is -1.14. The van der Waals surface area contributed by atoms with Crippen LogP contribution in [0.3, 0.4) is 0 Å². The maximum Gasteiger partial charge on any atom is 0.311 e. The summed E-state index contributed by atoms with van der Waals surface area (Å²) in [6.07, 6.45) is 3.76. The number of carbonyl (C=O) groups is 2. The van der Waals surface area contributed by atoms with E-state index >= 15 is 0 Å². The lowest BCUT2D eigenvalue weighted by atomic mass is 9.90. The number of carboxylic acid groups (broad SMARTS) is 1. The molecule has 1 aromatic rings. The molecule has 0 aromatic carbocycles. The van der Waals surface area contributed by atoms with Crippen molar-refractivity contribution < 1.29 is 14.7 Å². The highest BCUT2D eigenvalue weighted by Crippen LogP contribution is 2.30. The SMILES string of the molecule is CC1(C(=O)O)CCN(C(=O)/C=C/c2csc(Br)c2)C1. The van der Waals surface area contributed by atoms with E-state index in [1.807, 2.05) is 11.4 Å². The number of carboxylic acids is 1. The van der Waals surface area contributed by atoms with Gasteiger partial charge in [0.1, 0.15) is 0 Å². The molecule has 1 aliphatic rings. The fourth-order valence-electron chi connectivity index (χ4n) is 2.01. The van der Waals surface area contributed by atoms with Crippen LogP contribution in [-0.4, -0.2) is 35.0 Å². The molecule has 1 fully saturated rings. The molecule has 4 nitrogen and oxygen atoms in total. The van der Waals surface area contributed by atoms with E-state index in [-0.39, 0.29) is 12.5 Å². The summed E-state index contributed by atoms with van der Waals surface area (Å²) < 4.78 is 1.01. The van der Waals surface area contributed by atoms with E-state index in [1.54, 1.807) is 29.2 Å². The number of hydrogen-bond donors (Lipinski definition) is 1. The predicted molar refractivity (Wildman–Crippen MR) is 78.0 cm³/mol. The van der Waals surface area contributed by atoms with Gasteiger partial charge in [-0.25, -0.2) is 0 Å². The van der Waals surface area contributed by atoms with Crippen molar-refractivity contribution in [3.63, 3.8) is 0 Å². The average Bonchev–Trinajstić information content (AvgIpc) is 2.94. The van der Waals surface area contributed by atoms with Crippen molar-refractivity contribution in [3.05, 3.63) is 26.9 Å². The Morgan fingerprint density at radius 2 is 2.32 bits per heavy atom. The van der Waals surface area contributed by atoms with E-state index in [2.05, 4.69) is 15.9 Å². The highest BCUT2D eigenvalue weighted by molar-refractivity contribution is 9.11. The first-order chi connectivity index (χ1) is 8.90. The van der Waals surface area contributed by atoms with Crippen LogP contribution in [0.15, 0.2) is 21.3 Å². The van der Waals surface area contributed by atoms with Crippen LogP contribution in [0.25, 0.3) is 6.08 Å². The first kappa shape index (κ1) is 14.3. The normalized spacial score (nSPS) is 23.2. The van der Waals surface area contributed by atoms with E-state index in [9.17, 15) is 9.59 Å². The lowest BCUT2D eigenvalue weighted by molar-refractivity contribution is -0.147. The number of rotatable bonds is 3. The molecule has 2 heterocycles. The second kappa shape index (κ2) is 5.46. The third kappa shape index (κ3) is 3.25. The maximum absolute atomic E-state index is 12.0. The average molecular weight is 344 g/mol. The summed E-state index contributed by atoms with van der Waals surface area (Å²) in [5.74, 6) is -0.971. The molecule has 1 atom stereocenters. The van der Waals surface area contributed by atoms with Gasteiger partial charge in [0.05, 0.1) is 9.20 Å². The van der Waals surface area contributed by atoms with Gasteiger partial charge in [0, 0.05) is 19.2 Å². The molecule has 0 bridgehead atoms.